The Balaban J connectivity index is -0.000000311. The lowest BCUT2D eigenvalue weighted by atomic mass is 10.0. The molecule has 3 nitrogen and oxygen atoms in total. The molecule has 0 heterocycles. The molecule has 162 valence electrons. The van der Waals surface area contributed by atoms with Gasteiger partial charge in [-0.15, -0.1) is 0 Å². The van der Waals surface area contributed by atoms with Crippen LogP contribution in [0.15, 0.2) is 103 Å². The molecule has 3 heteroatoms. The topological polar surface area (TPSA) is 51.2 Å². The molecule has 0 atom stereocenters. The van der Waals surface area contributed by atoms with E-state index < -0.39 is 0 Å². The van der Waals surface area contributed by atoms with Gasteiger partial charge < -0.3 is 14.4 Å². The highest BCUT2D eigenvalue weighted by atomic mass is 16.1. The third kappa shape index (κ3) is 32.4. The molecule has 0 spiro atoms. The number of carbonyl (C=O) groups excluding carboxylic acids is 3. The maximum Gasteiger partial charge on any atom is 0.116 e. The Kier molecular flexibility index (Phi) is 31.8. The SMILES string of the molecule is CC(C)c1ccccc1.CC=O.CC=O.CC=O.c1ccccc1.c1ccccc1. The van der Waals surface area contributed by atoms with Crippen molar-refractivity contribution in [3.8, 4) is 0 Å². The normalized spacial score (nSPS) is 7.53. The van der Waals surface area contributed by atoms with Gasteiger partial charge in [0.1, 0.15) is 18.9 Å². The van der Waals surface area contributed by atoms with Gasteiger partial charge in [-0.25, -0.2) is 0 Å². The minimum absolute atomic E-state index is 0.659. The van der Waals surface area contributed by atoms with Crippen LogP contribution < -0.4 is 0 Å². The Morgan fingerprint density at radius 3 is 0.767 bits per heavy atom. The Hall–Kier alpha value is -3.33. The fourth-order valence-corrected chi connectivity index (χ4v) is 1.61. The summed E-state index contributed by atoms with van der Waals surface area (Å²) in [7, 11) is 0. The van der Waals surface area contributed by atoms with E-state index in [1.54, 1.807) is 0 Å². The molecule has 0 aliphatic carbocycles. The Labute approximate surface area is 182 Å². The lowest BCUT2D eigenvalue weighted by Gasteiger charge is -2.01. The first kappa shape index (κ1) is 31.4. The van der Waals surface area contributed by atoms with Crippen LogP contribution in [0.1, 0.15) is 46.1 Å². The number of hydrogen-bond acceptors (Lipinski definition) is 3. The van der Waals surface area contributed by atoms with E-state index in [9.17, 15) is 0 Å². The van der Waals surface area contributed by atoms with Crippen LogP contribution in [0.3, 0.4) is 0 Å². The Morgan fingerprint density at radius 1 is 0.467 bits per heavy atom. The van der Waals surface area contributed by atoms with Crippen LogP contribution in [0.4, 0.5) is 0 Å². The van der Waals surface area contributed by atoms with Crippen molar-refractivity contribution in [1.82, 2.24) is 0 Å². The molecule has 0 unspecified atom stereocenters. The molecule has 3 aromatic carbocycles. The summed E-state index contributed by atoms with van der Waals surface area (Å²) in [6.45, 7) is 8.74. The van der Waals surface area contributed by atoms with E-state index in [2.05, 4.69) is 38.1 Å². The number of hydrogen-bond donors (Lipinski definition) is 0. The molecular formula is C27H36O3. The Bertz CT molecular complexity index is 567. The first-order valence-electron chi connectivity index (χ1n) is 9.79. The zero-order chi connectivity index (χ0) is 23.3. The standard InChI is InChI=1S/C9H12.2C6H6.3C2H4O/c1-8(2)9-6-4-3-5-7-9;2*1-2-4-6-5-3-1;3*1-2-3/h3-8H,1-2H3;2*1-6H;3*2H,1H3. The van der Waals surface area contributed by atoms with E-state index in [1.165, 1.54) is 26.3 Å². The molecule has 0 N–H and O–H groups in total. The summed E-state index contributed by atoms with van der Waals surface area (Å²) in [6.07, 6.45) is 2.25. The van der Waals surface area contributed by atoms with E-state index in [-0.39, 0.29) is 0 Å². The predicted molar refractivity (Wildman–Crippen MR) is 129 cm³/mol. The summed E-state index contributed by atoms with van der Waals surface area (Å²) in [5.74, 6) is 0.659. The molecule has 3 aromatic rings. The highest BCUT2D eigenvalue weighted by molar-refractivity contribution is 5.44. The zero-order valence-electron chi connectivity index (χ0n) is 18.8. The highest BCUT2D eigenvalue weighted by Crippen LogP contribution is 2.11. The average Bonchev–Trinajstić information content (AvgIpc) is 2.79. The molecule has 0 saturated heterocycles. The van der Waals surface area contributed by atoms with Gasteiger partial charge in [0.15, 0.2) is 0 Å². The van der Waals surface area contributed by atoms with Crippen molar-refractivity contribution in [1.29, 1.82) is 0 Å². The molecule has 0 aliphatic rings. The third-order valence-corrected chi connectivity index (χ3v) is 2.80. The van der Waals surface area contributed by atoms with Crippen molar-refractivity contribution in [3.05, 3.63) is 109 Å². The molecule has 0 amide bonds. The monoisotopic (exact) mass is 408 g/mol. The molecule has 0 bridgehead atoms. The lowest BCUT2D eigenvalue weighted by molar-refractivity contribution is -0.106. The van der Waals surface area contributed by atoms with Gasteiger partial charge in [0.05, 0.1) is 0 Å². The van der Waals surface area contributed by atoms with Gasteiger partial charge in [-0.1, -0.05) is 117 Å². The van der Waals surface area contributed by atoms with Gasteiger partial charge in [0.25, 0.3) is 0 Å². The smallest absolute Gasteiger partial charge is 0.116 e. The van der Waals surface area contributed by atoms with Crippen molar-refractivity contribution < 1.29 is 14.4 Å². The van der Waals surface area contributed by atoms with Crippen LogP contribution in [0.2, 0.25) is 0 Å². The molecule has 0 fully saturated rings. The second-order valence-electron chi connectivity index (χ2n) is 5.58. The quantitative estimate of drug-likeness (QED) is 0.416. The molecule has 0 aliphatic heterocycles. The molecule has 0 aromatic heterocycles. The largest absolute Gasteiger partial charge is 0.304 e. The fourth-order valence-electron chi connectivity index (χ4n) is 1.61. The maximum absolute atomic E-state index is 8.81. The van der Waals surface area contributed by atoms with Gasteiger partial charge in [-0.3, -0.25) is 0 Å². The fraction of sp³-hybridized carbons (Fsp3) is 0.222. The zero-order valence-corrected chi connectivity index (χ0v) is 18.8. The van der Waals surface area contributed by atoms with Crippen LogP contribution in [0.25, 0.3) is 0 Å². The maximum atomic E-state index is 8.81. The van der Waals surface area contributed by atoms with Crippen molar-refractivity contribution in [2.75, 3.05) is 0 Å². The third-order valence-electron chi connectivity index (χ3n) is 2.80. The van der Waals surface area contributed by atoms with Crippen LogP contribution in [0, 0.1) is 0 Å². The van der Waals surface area contributed by atoms with Gasteiger partial charge in [-0.2, -0.15) is 0 Å². The van der Waals surface area contributed by atoms with Gasteiger partial charge >= 0.3 is 0 Å². The first-order chi connectivity index (χ1) is 14.5. The summed E-state index contributed by atoms with van der Waals surface area (Å²) in [5, 5.41) is 0. The van der Waals surface area contributed by atoms with Crippen molar-refractivity contribution >= 4 is 18.9 Å². The van der Waals surface area contributed by atoms with Crippen LogP contribution in [-0.2, 0) is 14.4 Å². The number of benzene rings is 3. The number of aldehydes is 3. The van der Waals surface area contributed by atoms with E-state index in [1.807, 2.05) is 78.9 Å². The van der Waals surface area contributed by atoms with Gasteiger partial charge in [0.2, 0.25) is 0 Å². The number of rotatable bonds is 1. The molecule has 0 saturated carbocycles. The summed E-state index contributed by atoms with van der Waals surface area (Å²) >= 11 is 0. The van der Waals surface area contributed by atoms with E-state index in [0.717, 1.165) is 18.9 Å². The molecule has 30 heavy (non-hydrogen) atoms. The minimum Gasteiger partial charge on any atom is -0.304 e. The van der Waals surface area contributed by atoms with E-state index in [0.29, 0.717) is 5.92 Å². The summed E-state index contributed by atoms with van der Waals surface area (Å²) < 4.78 is 0. The lowest BCUT2D eigenvalue weighted by Crippen LogP contribution is -1.83. The first-order valence-corrected chi connectivity index (χ1v) is 9.79. The van der Waals surface area contributed by atoms with Gasteiger partial charge in [-0.05, 0) is 32.3 Å². The second kappa shape index (κ2) is 30.4. The molecule has 3 rings (SSSR count). The summed E-state index contributed by atoms with van der Waals surface area (Å²) in [6, 6.07) is 34.5. The number of carbonyl (C=O) groups is 3. The van der Waals surface area contributed by atoms with E-state index >= 15 is 0 Å². The summed E-state index contributed by atoms with van der Waals surface area (Å²) in [5.41, 5.74) is 1.41. The van der Waals surface area contributed by atoms with Crippen molar-refractivity contribution in [3.63, 3.8) is 0 Å². The molecular weight excluding hydrogens is 372 g/mol. The van der Waals surface area contributed by atoms with E-state index in [4.69, 9.17) is 14.4 Å². The van der Waals surface area contributed by atoms with Crippen molar-refractivity contribution in [2.45, 2.75) is 40.5 Å². The summed E-state index contributed by atoms with van der Waals surface area (Å²) in [4.78, 5) is 26.4. The van der Waals surface area contributed by atoms with Crippen molar-refractivity contribution in [2.24, 2.45) is 0 Å². The minimum atomic E-state index is 0.659. The van der Waals surface area contributed by atoms with Crippen LogP contribution in [0.5, 0.6) is 0 Å². The van der Waals surface area contributed by atoms with Crippen LogP contribution >= 0.6 is 0 Å². The van der Waals surface area contributed by atoms with Crippen LogP contribution in [-0.4, -0.2) is 18.9 Å². The highest BCUT2D eigenvalue weighted by Gasteiger charge is 1.93. The predicted octanol–water partition coefficient (Wildman–Crippen LogP) is 6.80. The van der Waals surface area contributed by atoms with Gasteiger partial charge in [0, 0.05) is 0 Å². The average molecular weight is 409 g/mol. The second-order valence-corrected chi connectivity index (χ2v) is 5.58. The Morgan fingerprint density at radius 2 is 0.633 bits per heavy atom. The molecule has 0 radical (unpaired) electrons.